The van der Waals surface area contributed by atoms with E-state index in [0.717, 1.165) is 0 Å². The first kappa shape index (κ1) is 14.1. The second-order valence-electron chi connectivity index (χ2n) is 5.09. The lowest BCUT2D eigenvalue weighted by Crippen LogP contribution is -1.82. The van der Waals surface area contributed by atoms with Crippen LogP contribution >= 0.6 is 22.7 Å². The third-order valence-electron chi connectivity index (χ3n) is 3.53. The van der Waals surface area contributed by atoms with Crippen molar-refractivity contribution in [3.63, 3.8) is 0 Å². The van der Waals surface area contributed by atoms with E-state index in [-0.39, 0.29) is 0 Å². The summed E-state index contributed by atoms with van der Waals surface area (Å²) in [6.07, 6.45) is 10.6. The normalized spacial score (nSPS) is 11.4. The molecule has 0 aromatic carbocycles. The Balaban J connectivity index is 2.02. The molecule has 2 aromatic rings. The van der Waals surface area contributed by atoms with Crippen LogP contribution in [-0.4, -0.2) is 0 Å². The van der Waals surface area contributed by atoms with Crippen LogP contribution in [0.3, 0.4) is 0 Å². The van der Waals surface area contributed by atoms with Gasteiger partial charge in [-0.05, 0) is 47.6 Å². The largest absolute Gasteiger partial charge is 0.142 e. The van der Waals surface area contributed by atoms with Gasteiger partial charge in [-0.3, -0.25) is 0 Å². The molecule has 0 saturated heterocycles. The second-order valence-corrected chi connectivity index (χ2v) is 6.85. The van der Waals surface area contributed by atoms with Crippen LogP contribution in [-0.2, 0) is 12.8 Å². The number of fused-ring (bicyclic) bond motifs is 1. The Morgan fingerprint density at radius 1 is 0.722 bits per heavy atom. The van der Waals surface area contributed by atoms with Crippen LogP contribution in [0, 0.1) is 0 Å². The van der Waals surface area contributed by atoms with Crippen LogP contribution in [0.25, 0.3) is 9.40 Å². The van der Waals surface area contributed by atoms with Crippen LogP contribution in [0.15, 0.2) is 10.8 Å². The average Bonchev–Trinajstić information content (AvgIpc) is 2.94. The van der Waals surface area contributed by atoms with E-state index in [1.54, 1.807) is 20.5 Å². The van der Waals surface area contributed by atoms with Crippen molar-refractivity contribution in [3.8, 4) is 0 Å². The van der Waals surface area contributed by atoms with Crippen molar-refractivity contribution in [3.05, 3.63) is 21.9 Å². The molecule has 0 unspecified atom stereocenters. The zero-order valence-corrected chi connectivity index (χ0v) is 13.3. The fraction of sp³-hybridized carbons (Fsp3) is 0.625. The summed E-state index contributed by atoms with van der Waals surface area (Å²) in [6.45, 7) is 4.56. The Morgan fingerprint density at radius 3 is 1.56 bits per heavy atom. The Bertz CT molecular complexity index is 420. The first-order valence-corrected chi connectivity index (χ1v) is 9.09. The highest BCUT2D eigenvalue weighted by molar-refractivity contribution is 7.26. The molecule has 0 bridgehead atoms. The number of aryl methyl sites for hydroxylation is 2. The number of rotatable bonds is 8. The Morgan fingerprint density at radius 2 is 1.17 bits per heavy atom. The molecule has 2 aromatic heterocycles. The first-order valence-electron chi connectivity index (χ1n) is 7.33. The lowest BCUT2D eigenvalue weighted by atomic mass is 10.1. The average molecular weight is 281 g/mol. The van der Waals surface area contributed by atoms with Gasteiger partial charge in [-0.1, -0.05) is 39.5 Å². The summed E-state index contributed by atoms with van der Waals surface area (Å²) in [7, 11) is 0. The lowest BCUT2D eigenvalue weighted by molar-refractivity contribution is 0.720. The van der Waals surface area contributed by atoms with Gasteiger partial charge in [0.1, 0.15) is 0 Å². The second kappa shape index (κ2) is 7.30. The standard InChI is InChI=1S/C16H24S2/c1-3-5-7-9-13-11-17-16-14(10-8-6-4-2)12-18-15(13)16/h11-12H,3-10H2,1-2H3. The maximum Gasteiger partial charge on any atom is 0.0485 e. The van der Waals surface area contributed by atoms with Gasteiger partial charge in [0, 0.05) is 9.40 Å². The molecule has 18 heavy (non-hydrogen) atoms. The molecular weight excluding hydrogens is 256 g/mol. The highest BCUT2D eigenvalue weighted by Crippen LogP contribution is 2.36. The summed E-state index contributed by atoms with van der Waals surface area (Å²) >= 11 is 3.95. The van der Waals surface area contributed by atoms with E-state index in [0.29, 0.717) is 0 Å². The Labute approximate surface area is 119 Å². The maximum atomic E-state index is 2.40. The molecule has 0 aliphatic rings. The Hall–Kier alpha value is -0.340. The Kier molecular flexibility index (Phi) is 5.71. The van der Waals surface area contributed by atoms with Crippen molar-refractivity contribution in [2.45, 2.75) is 65.2 Å². The molecule has 0 fully saturated rings. The van der Waals surface area contributed by atoms with E-state index in [1.807, 2.05) is 22.7 Å². The minimum Gasteiger partial charge on any atom is -0.142 e. The number of hydrogen-bond donors (Lipinski definition) is 0. The van der Waals surface area contributed by atoms with Crippen LogP contribution in [0.2, 0.25) is 0 Å². The highest BCUT2D eigenvalue weighted by Gasteiger charge is 2.10. The topological polar surface area (TPSA) is 0 Å². The van der Waals surface area contributed by atoms with Gasteiger partial charge in [0.25, 0.3) is 0 Å². The first-order chi connectivity index (χ1) is 8.86. The van der Waals surface area contributed by atoms with Gasteiger partial charge in [0.15, 0.2) is 0 Å². The third kappa shape index (κ3) is 3.36. The van der Waals surface area contributed by atoms with Gasteiger partial charge in [0.2, 0.25) is 0 Å². The molecule has 0 amide bonds. The molecule has 0 N–H and O–H groups in total. The molecule has 0 atom stereocenters. The van der Waals surface area contributed by atoms with E-state index in [2.05, 4.69) is 24.6 Å². The predicted molar refractivity (Wildman–Crippen MR) is 86.2 cm³/mol. The molecule has 2 rings (SSSR count). The molecule has 2 heterocycles. The molecule has 0 radical (unpaired) electrons. The van der Waals surface area contributed by atoms with Crippen molar-refractivity contribution in [2.75, 3.05) is 0 Å². The summed E-state index contributed by atoms with van der Waals surface area (Å²) in [5.74, 6) is 0. The van der Waals surface area contributed by atoms with E-state index < -0.39 is 0 Å². The number of hydrogen-bond acceptors (Lipinski definition) is 2. The zero-order chi connectivity index (χ0) is 12.8. The molecule has 0 nitrogen and oxygen atoms in total. The SMILES string of the molecule is CCCCCc1csc2c(CCCCC)csc12. The summed E-state index contributed by atoms with van der Waals surface area (Å²) in [4.78, 5) is 0. The maximum absolute atomic E-state index is 2.40. The molecular formula is C16H24S2. The van der Waals surface area contributed by atoms with Gasteiger partial charge in [-0.15, -0.1) is 22.7 Å². The molecule has 0 spiro atoms. The predicted octanol–water partition coefficient (Wildman–Crippen LogP) is 6.43. The summed E-state index contributed by atoms with van der Waals surface area (Å²) in [6, 6.07) is 0. The minimum absolute atomic E-state index is 1.28. The lowest BCUT2D eigenvalue weighted by Gasteiger charge is -1.96. The zero-order valence-electron chi connectivity index (χ0n) is 11.6. The molecule has 100 valence electrons. The van der Waals surface area contributed by atoms with Crippen LogP contribution in [0.4, 0.5) is 0 Å². The fourth-order valence-electron chi connectivity index (χ4n) is 2.39. The van der Waals surface area contributed by atoms with Crippen molar-refractivity contribution in [2.24, 2.45) is 0 Å². The van der Waals surface area contributed by atoms with Gasteiger partial charge < -0.3 is 0 Å². The quantitative estimate of drug-likeness (QED) is 0.489. The van der Waals surface area contributed by atoms with Crippen LogP contribution in [0.1, 0.15) is 63.5 Å². The van der Waals surface area contributed by atoms with E-state index in [4.69, 9.17) is 0 Å². The van der Waals surface area contributed by atoms with E-state index in [1.165, 1.54) is 51.4 Å². The van der Waals surface area contributed by atoms with Crippen LogP contribution in [0.5, 0.6) is 0 Å². The third-order valence-corrected chi connectivity index (χ3v) is 5.86. The summed E-state index contributed by atoms with van der Waals surface area (Å²) < 4.78 is 3.17. The van der Waals surface area contributed by atoms with E-state index >= 15 is 0 Å². The van der Waals surface area contributed by atoms with Crippen LogP contribution < -0.4 is 0 Å². The minimum atomic E-state index is 1.28. The molecule has 0 aliphatic carbocycles. The smallest absolute Gasteiger partial charge is 0.0485 e. The van der Waals surface area contributed by atoms with Crippen molar-refractivity contribution >= 4 is 32.1 Å². The molecule has 0 aliphatic heterocycles. The molecule has 0 saturated carbocycles. The number of thiophene rings is 2. The van der Waals surface area contributed by atoms with Crippen molar-refractivity contribution in [1.82, 2.24) is 0 Å². The molecule has 2 heteroatoms. The number of unbranched alkanes of at least 4 members (excludes halogenated alkanes) is 4. The van der Waals surface area contributed by atoms with E-state index in [9.17, 15) is 0 Å². The summed E-state index contributed by atoms with van der Waals surface area (Å²) in [5, 5.41) is 4.81. The van der Waals surface area contributed by atoms with Gasteiger partial charge >= 0.3 is 0 Å². The van der Waals surface area contributed by atoms with Gasteiger partial charge in [-0.2, -0.15) is 0 Å². The van der Waals surface area contributed by atoms with Gasteiger partial charge in [-0.25, -0.2) is 0 Å². The monoisotopic (exact) mass is 280 g/mol. The van der Waals surface area contributed by atoms with Crippen molar-refractivity contribution in [1.29, 1.82) is 0 Å². The van der Waals surface area contributed by atoms with Crippen molar-refractivity contribution < 1.29 is 0 Å². The fourth-order valence-corrected chi connectivity index (χ4v) is 4.92. The summed E-state index contributed by atoms with van der Waals surface area (Å²) in [5.41, 5.74) is 3.21. The highest BCUT2D eigenvalue weighted by atomic mass is 32.1. The van der Waals surface area contributed by atoms with Gasteiger partial charge in [0.05, 0.1) is 0 Å².